The molecular formula is C32H40N4O5. The second-order valence-corrected chi connectivity index (χ2v) is 10.9. The number of benzene rings is 2. The molecule has 0 radical (unpaired) electrons. The van der Waals surface area contributed by atoms with Crippen molar-refractivity contribution in [2.24, 2.45) is 0 Å². The SMILES string of the molecule is CCOc1ccc(-c2cc(C(=O)N3CCOC4(CCCCc5ccccc5OCCN(C(C)C)C4=O)C3)[nH]n2)cc1. The lowest BCUT2D eigenvalue weighted by molar-refractivity contribution is -0.172. The summed E-state index contributed by atoms with van der Waals surface area (Å²) in [5, 5.41) is 7.30. The fourth-order valence-electron chi connectivity index (χ4n) is 5.67. The number of aromatic nitrogens is 2. The summed E-state index contributed by atoms with van der Waals surface area (Å²) in [6, 6.07) is 17.5. The third-order valence-corrected chi connectivity index (χ3v) is 7.86. The number of nitrogens with zero attached hydrogens (tertiary/aromatic N) is 3. The van der Waals surface area contributed by atoms with Crippen molar-refractivity contribution in [1.29, 1.82) is 0 Å². The number of morpholine rings is 1. The molecular weight excluding hydrogens is 520 g/mol. The molecule has 2 amide bonds. The molecule has 2 aromatic carbocycles. The first-order chi connectivity index (χ1) is 19.9. The summed E-state index contributed by atoms with van der Waals surface area (Å²) in [6.45, 7) is 8.28. The van der Waals surface area contributed by atoms with Crippen molar-refractivity contribution in [3.8, 4) is 22.8 Å². The molecule has 0 aliphatic carbocycles. The number of nitrogens with one attached hydrogen (secondary N) is 1. The molecule has 0 bridgehead atoms. The number of carbonyl (C=O) groups is 2. The standard InChI is InChI=1S/C32H40N4O5/c1-4-39-26-14-12-24(13-15-26)27-21-28(34-33-27)30(37)35-17-20-41-32(22-35)16-8-7-10-25-9-5-6-11-29(25)40-19-18-36(23(2)3)31(32)38/h5-6,9,11-15,21,23H,4,7-8,10,16-20,22H2,1-3H3,(H,33,34). The Hall–Kier alpha value is -3.85. The largest absolute Gasteiger partial charge is 0.494 e. The Labute approximate surface area is 241 Å². The first-order valence-corrected chi connectivity index (χ1v) is 14.6. The van der Waals surface area contributed by atoms with Crippen LogP contribution in [0, 0.1) is 0 Å². The van der Waals surface area contributed by atoms with Crippen LogP contribution in [0.25, 0.3) is 11.3 Å². The molecule has 3 aromatic rings. The minimum Gasteiger partial charge on any atom is -0.494 e. The van der Waals surface area contributed by atoms with E-state index >= 15 is 0 Å². The van der Waals surface area contributed by atoms with Crippen LogP contribution in [0.4, 0.5) is 0 Å². The summed E-state index contributed by atoms with van der Waals surface area (Å²) in [4.78, 5) is 31.4. The summed E-state index contributed by atoms with van der Waals surface area (Å²) >= 11 is 0. The molecule has 1 saturated heterocycles. The maximum Gasteiger partial charge on any atom is 0.272 e. The number of rotatable bonds is 5. The summed E-state index contributed by atoms with van der Waals surface area (Å²) in [7, 11) is 0. The molecule has 2 aliphatic heterocycles. The maximum absolute atomic E-state index is 14.2. The van der Waals surface area contributed by atoms with E-state index in [0.717, 1.165) is 36.3 Å². The van der Waals surface area contributed by atoms with E-state index in [2.05, 4.69) is 16.3 Å². The van der Waals surface area contributed by atoms with E-state index in [1.165, 1.54) is 5.56 Å². The molecule has 2 aliphatic rings. The third-order valence-electron chi connectivity index (χ3n) is 7.86. The molecule has 1 atom stereocenters. The topological polar surface area (TPSA) is 97.0 Å². The van der Waals surface area contributed by atoms with Gasteiger partial charge in [-0.2, -0.15) is 5.10 Å². The average molecular weight is 561 g/mol. The van der Waals surface area contributed by atoms with Gasteiger partial charge in [0.15, 0.2) is 5.60 Å². The zero-order valence-electron chi connectivity index (χ0n) is 24.2. The van der Waals surface area contributed by atoms with E-state index in [1.54, 1.807) is 11.0 Å². The fraction of sp³-hybridized carbons (Fsp3) is 0.469. The Kier molecular flexibility index (Phi) is 8.93. The Bertz CT molecular complexity index is 1340. The lowest BCUT2D eigenvalue weighted by Crippen LogP contribution is -2.63. The molecule has 41 heavy (non-hydrogen) atoms. The van der Waals surface area contributed by atoms with Crippen LogP contribution in [0.2, 0.25) is 0 Å². The zero-order valence-corrected chi connectivity index (χ0v) is 24.2. The van der Waals surface area contributed by atoms with E-state index in [1.807, 2.05) is 68.1 Å². The lowest BCUT2D eigenvalue weighted by atomic mass is 9.90. The van der Waals surface area contributed by atoms with Gasteiger partial charge in [0.25, 0.3) is 11.8 Å². The average Bonchev–Trinajstić information content (AvgIpc) is 3.48. The van der Waals surface area contributed by atoms with Gasteiger partial charge in [-0.05, 0) is 88.4 Å². The Morgan fingerprint density at radius 2 is 1.90 bits per heavy atom. The summed E-state index contributed by atoms with van der Waals surface area (Å²) < 4.78 is 18.0. The highest BCUT2D eigenvalue weighted by Gasteiger charge is 2.47. The van der Waals surface area contributed by atoms with Gasteiger partial charge in [0, 0.05) is 18.2 Å². The molecule has 1 spiro atoms. The highest BCUT2D eigenvalue weighted by Crippen LogP contribution is 2.31. The van der Waals surface area contributed by atoms with Crippen molar-refractivity contribution < 1.29 is 23.8 Å². The first-order valence-electron chi connectivity index (χ1n) is 14.6. The molecule has 1 fully saturated rings. The van der Waals surface area contributed by atoms with Crippen LogP contribution in [0.5, 0.6) is 11.5 Å². The number of hydrogen-bond donors (Lipinski definition) is 1. The minimum atomic E-state index is -1.10. The molecule has 1 aromatic heterocycles. The highest BCUT2D eigenvalue weighted by molar-refractivity contribution is 5.94. The minimum absolute atomic E-state index is 0.0416. The molecule has 1 unspecified atom stereocenters. The predicted molar refractivity (Wildman–Crippen MR) is 156 cm³/mol. The third kappa shape index (κ3) is 6.40. The van der Waals surface area contributed by atoms with Gasteiger partial charge < -0.3 is 24.0 Å². The van der Waals surface area contributed by atoms with Crippen LogP contribution >= 0.6 is 0 Å². The maximum atomic E-state index is 14.2. The molecule has 5 rings (SSSR count). The van der Waals surface area contributed by atoms with Gasteiger partial charge >= 0.3 is 0 Å². The van der Waals surface area contributed by atoms with Crippen LogP contribution in [0.3, 0.4) is 0 Å². The Balaban J connectivity index is 1.35. The second kappa shape index (κ2) is 12.8. The number of carbonyl (C=O) groups excluding carboxylic acids is 2. The van der Waals surface area contributed by atoms with Crippen LogP contribution < -0.4 is 9.47 Å². The van der Waals surface area contributed by atoms with E-state index in [-0.39, 0.29) is 24.4 Å². The molecule has 218 valence electrons. The number of fused-ring (bicyclic) bond motifs is 1. The molecule has 3 heterocycles. The van der Waals surface area contributed by atoms with Crippen molar-refractivity contribution in [3.05, 3.63) is 65.9 Å². The summed E-state index contributed by atoms with van der Waals surface area (Å²) in [6.07, 6.45) is 3.09. The van der Waals surface area contributed by atoms with E-state index in [4.69, 9.17) is 14.2 Å². The van der Waals surface area contributed by atoms with Crippen molar-refractivity contribution in [1.82, 2.24) is 20.0 Å². The van der Waals surface area contributed by atoms with Gasteiger partial charge in [-0.1, -0.05) is 18.2 Å². The summed E-state index contributed by atoms with van der Waals surface area (Å²) in [5.74, 6) is 1.40. The number of aryl methyl sites for hydroxylation is 1. The van der Waals surface area contributed by atoms with Crippen molar-refractivity contribution in [2.45, 2.75) is 58.1 Å². The Morgan fingerprint density at radius 3 is 2.68 bits per heavy atom. The smallest absolute Gasteiger partial charge is 0.272 e. The van der Waals surface area contributed by atoms with Crippen LogP contribution in [-0.2, 0) is 16.0 Å². The normalized spacial score (nSPS) is 20.2. The Morgan fingerprint density at radius 1 is 1.10 bits per heavy atom. The number of amides is 2. The number of para-hydroxylation sites is 1. The van der Waals surface area contributed by atoms with Gasteiger partial charge in [-0.3, -0.25) is 14.7 Å². The van der Waals surface area contributed by atoms with Crippen molar-refractivity contribution >= 4 is 11.8 Å². The number of hydrogen-bond acceptors (Lipinski definition) is 6. The van der Waals surface area contributed by atoms with E-state index < -0.39 is 5.60 Å². The quantitative estimate of drug-likeness (QED) is 0.485. The molecule has 9 heteroatoms. The van der Waals surface area contributed by atoms with Gasteiger partial charge in [0.2, 0.25) is 0 Å². The molecule has 9 nitrogen and oxygen atoms in total. The number of H-pyrrole nitrogens is 1. The van der Waals surface area contributed by atoms with Crippen molar-refractivity contribution in [2.75, 3.05) is 39.5 Å². The predicted octanol–water partition coefficient (Wildman–Crippen LogP) is 4.73. The van der Waals surface area contributed by atoms with Crippen LogP contribution in [0.1, 0.15) is 56.1 Å². The zero-order chi connectivity index (χ0) is 28.8. The van der Waals surface area contributed by atoms with E-state index in [9.17, 15) is 9.59 Å². The summed E-state index contributed by atoms with van der Waals surface area (Å²) in [5.41, 5.74) is 2.01. The van der Waals surface area contributed by atoms with Gasteiger partial charge in [0.05, 0.1) is 32.0 Å². The van der Waals surface area contributed by atoms with Crippen LogP contribution in [0.15, 0.2) is 54.6 Å². The van der Waals surface area contributed by atoms with Crippen LogP contribution in [-0.4, -0.2) is 82.9 Å². The first kappa shape index (κ1) is 28.7. The monoisotopic (exact) mass is 560 g/mol. The second-order valence-electron chi connectivity index (χ2n) is 10.9. The number of ether oxygens (including phenoxy) is 3. The van der Waals surface area contributed by atoms with Gasteiger partial charge in [-0.15, -0.1) is 0 Å². The van der Waals surface area contributed by atoms with Gasteiger partial charge in [0.1, 0.15) is 23.8 Å². The number of aromatic amines is 1. The highest BCUT2D eigenvalue weighted by atomic mass is 16.5. The lowest BCUT2D eigenvalue weighted by Gasteiger charge is -2.45. The van der Waals surface area contributed by atoms with E-state index in [0.29, 0.717) is 50.7 Å². The van der Waals surface area contributed by atoms with Gasteiger partial charge in [-0.25, -0.2) is 0 Å². The molecule has 1 N–H and O–H groups in total. The molecule has 0 saturated carbocycles. The fourth-order valence-corrected chi connectivity index (χ4v) is 5.67. The van der Waals surface area contributed by atoms with Crippen molar-refractivity contribution in [3.63, 3.8) is 0 Å².